The second-order valence-electron chi connectivity index (χ2n) is 8.32. The summed E-state index contributed by atoms with van der Waals surface area (Å²) < 4.78 is 1.93. The van der Waals surface area contributed by atoms with E-state index in [4.69, 9.17) is 4.98 Å². The van der Waals surface area contributed by atoms with Gasteiger partial charge in [-0.25, -0.2) is 14.5 Å². The molecule has 8 nitrogen and oxygen atoms in total. The van der Waals surface area contributed by atoms with E-state index in [0.29, 0.717) is 13.1 Å². The molecule has 0 saturated carbocycles. The summed E-state index contributed by atoms with van der Waals surface area (Å²) in [5.74, 6) is 0.848. The van der Waals surface area contributed by atoms with E-state index < -0.39 is 0 Å². The van der Waals surface area contributed by atoms with Gasteiger partial charge in [0.05, 0.1) is 6.20 Å². The highest BCUT2D eigenvalue weighted by molar-refractivity contribution is 5.89. The number of urea groups is 1. The summed E-state index contributed by atoms with van der Waals surface area (Å²) in [6, 6.07) is 18.2. The predicted octanol–water partition coefficient (Wildman–Crippen LogP) is 4.36. The van der Waals surface area contributed by atoms with E-state index in [2.05, 4.69) is 58.4 Å². The molecule has 164 valence electrons. The number of imidazole rings is 1. The van der Waals surface area contributed by atoms with Gasteiger partial charge in [-0.05, 0) is 50.2 Å². The van der Waals surface area contributed by atoms with Gasteiger partial charge in [0.1, 0.15) is 11.3 Å². The van der Waals surface area contributed by atoms with Gasteiger partial charge in [-0.3, -0.25) is 0 Å². The van der Waals surface area contributed by atoms with Crippen LogP contribution in [0.3, 0.4) is 0 Å². The first-order chi connectivity index (χ1) is 15.6. The number of piperazine rings is 1. The SMILES string of the molecule is CC(C)n1ncc2[nH]c(-c3ccc(N4CCN(C(=O)Nc5ccccc5)CC4)cc3)nc21. The van der Waals surface area contributed by atoms with Crippen LogP contribution in [0.15, 0.2) is 60.8 Å². The highest BCUT2D eigenvalue weighted by Crippen LogP contribution is 2.25. The van der Waals surface area contributed by atoms with E-state index in [1.54, 1.807) is 0 Å². The fourth-order valence-corrected chi connectivity index (χ4v) is 4.05. The van der Waals surface area contributed by atoms with E-state index in [1.807, 2.05) is 46.1 Å². The topological polar surface area (TPSA) is 82.1 Å². The number of benzene rings is 2. The van der Waals surface area contributed by atoms with Crippen molar-refractivity contribution in [1.29, 1.82) is 0 Å². The fraction of sp³-hybridized carbons (Fsp3) is 0.292. The first-order valence-corrected chi connectivity index (χ1v) is 11.0. The standard InChI is InChI=1S/C24H27N7O/c1-17(2)31-23-21(16-25-31)27-22(28-23)18-8-10-20(11-9-18)29-12-14-30(15-13-29)24(32)26-19-6-4-3-5-7-19/h3-11,16-17H,12-15H2,1-2H3,(H,26,32)(H,27,28). The molecule has 0 aliphatic carbocycles. The van der Waals surface area contributed by atoms with Crippen molar-refractivity contribution >= 4 is 28.6 Å². The number of hydrogen-bond donors (Lipinski definition) is 2. The molecule has 0 bridgehead atoms. The van der Waals surface area contributed by atoms with Crippen LogP contribution in [0.5, 0.6) is 0 Å². The summed E-state index contributed by atoms with van der Waals surface area (Å²) in [7, 11) is 0. The average molecular weight is 430 g/mol. The Morgan fingerprint density at radius 2 is 1.72 bits per heavy atom. The van der Waals surface area contributed by atoms with Crippen molar-refractivity contribution in [1.82, 2.24) is 24.6 Å². The van der Waals surface area contributed by atoms with Crippen molar-refractivity contribution in [2.75, 3.05) is 36.4 Å². The van der Waals surface area contributed by atoms with Gasteiger partial charge in [0, 0.05) is 49.2 Å². The minimum Gasteiger partial charge on any atom is -0.368 e. The second kappa shape index (κ2) is 8.37. The number of carbonyl (C=O) groups is 1. The molecule has 0 radical (unpaired) electrons. The van der Waals surface area contributed by atoms with Crippen molar-refractivity contribution < 1.29 is 4.79 Å². The van der Waals surface area contributed by atoms with Crippen molar-refractivity contribution in [3.8, 4) is 11.4 Å². The number of H-pyrrole nitrogens is 1. The van der Waals surface area contributed by atoms with Crippen LogP contribution in [0.25, 0.3) is 22.6 Å². The molecule has 2 aromatic carbocycles. The average Bonchev–Trinajstić information content (AvgIpc) is 3.41. The lowest BCUT2D eigenvalue weighted by Gasteiger charge is -2.36. The molecule has 8 heteroatoms. The van der Waals surface area contributed by atoms with Crippen molar-refractivity contribution in [3.05, 3.63) is 60.8 Å². The molecular formula is C24H27N7O. The molecule has 5 rings (SSSR count). The van der Waals surface area contributed by atoms with Gasteiger partial charge in [-0.2, -0.15) is 5.10 Å². The lowest BCUT2D eigenvalue weighted by atomic mass is 10.1. The van der Waals surface area contributed by atoms with Gasteiger partial charge in [0.15, 0.2) is 5.65 Å². The van der Waals surface area contributed by atoms with Crippen molar-refractivity contribution in [2.24, 2.45) is 0 Å². The number of hydrogen-bond acceptors (Lipinski definition) is 4. The van der Waals surface area contributed by atoms with Crippen LogP contribution in [0, 0.1) is 0 Å². The number of nitrogens with one attached hydrogen (secondary N) is 2. The maximum Gasteiger partial charge on any atom is 0.321 e. The molecule has 1 aliphatic heterocycles. The molecule has 2 amide bonds. The van der Waals surface area contributed by atoms with Gasteiger partial charge < -0.3 is 20.1 Å². The van der Waals surface area contributed by atoms with Crippen molar-refractivity contribution in [2.45, 2.75) is 19.9 Å². The monoisotopic (exact) mass is 429 g/mol. The highest BCUT2D eigenvalue weighted by Gasteiger charge is 2.21. The van der Waals surface area contributed by atoms with E-state index in [0.717, 1.165) is 47.0 Å². The number of amides is 2. The molecule has 3 heterocycles. The maximum atomic E-state index is 12.5. The van der Waals surface area contributed by atoms with Crippen LogP contribution in [-0.2, 0) is 0 Å². The quantitative estimate of drug-likeness (QED) is 0.505. The van der Waals surface area contributed by atoms with Gasteiger partial charge in [0.25, 0.3) is 0 Å². The van der Waals surface area contributed by atoms with Crippen LogP contribution in [-0.4, -0.2) is 56.9 Å². The first kappa shape index (κ1) is 20.1. The molecule has 2 N–H and O–H groups in total. The summed E-state index contributed by atoms with van der Waals surface area (Å²) in [4.78, 5) is 24.8. The molecule has 0 atom stereocenters. The minimum absolute atomic E-state index is 0.0453. The van der Waals surface area contributed by atoms with E-state index in [9.17, 15) is 4.79 Å². The maximum absolute atomic E-state index is 12.5. The van der Waals surface area contributed by atoms with E-state index >= 15 is 0 Å². The molecule has 32 heavy (non-hydrogen) atoms. The Morgan fingerprint density at radius 1 is 1.00 bits per heavy atom. The van der Waals surface area contributed by atoms with Gasteiger partial charge in [-0.1, -0.05) is 18.2 Å². The van der Waals surface area contributed by atoms with E-state index in [-0.39, 0.29) is 12.1 Å². The van der Waals surface area contributed by atoms with Crippen LogP contribution >= 0.6 is 0 Å². The molecule has 1 aliphatic rings. The molecule has 0 unspecified atom stereocenters. The molecule has 1 saturated heterocycles. The Hall–Kier alpha value is -3.81. The number of aromatic amines is 1. The number of aromatic nitrogens is 4. The number of para-hydroxylation sites is 1. The number of anilines is 2. The third-order valence-corrected chi connectivity index (χ3v) is 5.83. The summed E-state index contributed by atoms with van der Waals surface area (Å²) in [6.07, 6.45) is 1.83. The van der Waals surface area contributed by atoms with E-state index in [1.165, 1.54) is 0 Å². The van der Waals surface area contributed by atoms with Gasteiger partial charge >= 0.3 is 6.03 Å². The Balaban J connectivity index is 1.22. The van der Waals surface area contributed by atoms with Crippen molar-refractivity contribution in [3.63, 3.8) is 0 Å². The fourth-order valence-electron chi connectivity index (χ4n) is 4.05. The Labute approximate surface area is 186 Å². The molecule has 1 fully saturated rings. The molecular weight excluding hydrogens is 402 g/mol. The second-order valence-corrected chi connectivity index (χ2v) is 8.32. The Kier molecular flexibility index (Phi) is 5.26. The summed E-state index contributed by atoms with van der Waals surface area (Å²) >= 11 is 0. The lowest BCUT2D eigenvalue weighted by Crippen LogP contribution is -2.50. The largest absolute Gasteiger partial charge is 0.368 e. The third kappa shape index (κ3) is 3.91. The van der Waals surface area contributed by atoms with Crippen LogP contribution in [0.1, 0.15) is 19.9 Å². The smallest absolute Gasteiger partial charge is 0.321 e. The number of nitrogens with zero attached hydrogens (tertiary/aromatic N) is 5. The number of carbonyl (C=O) groups excluding carboxylic acids is 1. The van der Waals surface area contributed by atoms with Crippen LogP contribution in [0.4, 0.5) is 16.2 Å². The van der Waals surface area contributed by atoms with Gasteiger partial charge in [0.2, 0.25) is 0 Å². The number of fused-ring (bicyclic) bond motifs is 1. The summed E-state index contributed by atoms with van der Waals surface area (Å²) in [6.45, 7) is 7.18. The highest BCUT2D eigenvalue weighted by atomic mass is 16.2. The molecule has 0 spiro atoms. The zero-order chi connectivity index (χ0) is 22.1. The zero-order valence-corrected chi connectivity index (χ0v) is 18.3. The Bertz CT molecular complexity index is 1200. The Morgan fingerprint density at radius 3 is 2.41 bits per heavy atom. The predicted molar refractivity (Wildman–Crippen MR) is 127 cm³/mol. The van der Waals surface area contributed by atoms with Gasteiger partial charge in [-0.15, -0.1) is 0 Å². The molecule has 4 aromatic rings. The zero-order valence-electron chi connectivity index (χ0n) is 18.3. The normalized spacial score (nSPS) is 14.3. The van der Waals surface area contributed by atoms with Crippen LogP contribution < -0.4 is 10.2 Å². The summed E-state index contributed by atoms with van der Waals surface area (Å²) in [5, 5.41) is 7.35. The lowest BCUT2D eigenvalue weighted by molar-refractivity contribution is 0.208. The summed E-state index contributed by atoms with van der Waals surface area (Å²) in [5.41, 5.74) is 4.84. The first-order valence-electron chi connectivity index (χ1n) is 11.0. The van der Waals surface area contributed by atoms with Crippen LogP contribution in [0.2, 0.25) is 0 Å². The third-order valence-electron chi connectivity index (χ3n) is 5.83. The minimum atomic E-state index is -0.0453. The molecule has 2 aromatic heterocycles. The number of rotatable bonds is 4.